The summed E-state index contributed by atoms with van der Waals surface area (Å²) >= 11 is 1.76. The highest BCUT2D eigenvalue weighted by molar-refractivity contribution is 7.15. The molecule has 0 spiro atoms. The lowest BCUT2D eigenvalue weighted by Crippen LogP contribution is -2.16. The van der Waals surface area contributed by atoms with E-state index in [0.717, 1.165) is 22.9 Å². The van der Waals surface area contributed by atoms with Crippen molar-refractivity contribution in [2.45, 2.75) is 39.7 Å². The fourth-order valence-corrected chi connectivity index (χ4v) is 3.51. The van der Waals surface area contributed by atoms with E-state index in [4.69, 9.17) is 9.72 Å². The molecule has 21 heavy (non-hydrogen) atoms. The van der Waals surface area contributed by atoms with Crippen LogP contribution in [0.4, 0.5) is 0 Å². The van der Waals surface area contributed by atoms with Gasteiger partial charge in [0.25, 0.3) is 0 Å². The van der Waals surface area contributed by atoms with E-state index < -0.39 is 0 Å². The first-order chi connectivity index (χ1) is 9.95. The van der Waals surface area contributed by atoms with Gasteiger partial charge < -0.3 is 10.1 Å². The van der Waals surface area contributed by atoms with Crippen LogP contribution in [0.25, 0.3) is 10.6 Å². The van der Waals surface area contributed by atoms with E-state index in [-0.39, 0.29) is 5.41 Å². The highest BCUT2D eigenvalue weighted by atomic mass is 32.1. The van der Waals surface area contributed by atoms with E-state index in [9.17, 15) is 0 Å². The maximum Gasteiger partial charge on any atom is 0.124 e. The third-order valence-electron chi connectivity index (χ3n) is 3.14. The van der Waals surface area contributed by atoms with Gasteiger partial charge in [0.05, 0.1) is 12.3 Å². The first-order valence-electron chi connectivity index (χ1n) is 7.33. The van der Waals surface area contributed by atoms with Crippen molar-refractivity contribution in [2.24, 2.45) is 0 Å². The van der Waals surface area contributed by atoms with Gasteiger partial charge in [-0.1, -0.05) is 32.9 Å². The second-order valence-corrected chi connectivity index (χ2v) is 7.12. The van der Waals surface area contributed by atoms with Crippen LogP contribution in [0.15, 0.2) is 24.3 Å². The van der Waals surface area contributed by atoms with Crippen LogP contribution in [0.5, 0.6) is 5.75 Å². The van der Waals surface area contributed by atoms with Crippen LogP contribution in [-0.2, 0) is 12.0 Å². The van der Waals surface area contributed by atoms with Gasteiger partial charge >= 0.3 is 0 Å². The van der Waals surface area contributed by atoms with Crippen LogP contribution >= 0.6 is 11.3 Å². The molecule has 1 N–H and O–H groups in total. The highest BCUT2D eigenvalue weighted by Crippen LogP contribution is 2.35. The van der Waals surface area contributed by atoms with E-state index >= 15 is 0 Å². The molecule has 3 nitrogen and oxygen atoms in total. The van der Waals surface area contributed by atoms with E-state index in [2.05, 4.69) is 38.2 Å². The third kappa shape index (κ3) is 3.83. The van der Waals surface area contributed by atoms with Gasteiger partial charge in [-0.15, -0.1) is 11.3 Å². The maximum atomic E-state index is 5.58. The van der Waals surface area contributed by atoms with Crippen LogP contribution in [-0.4, -0.2) is 18.6 Å². The molecule has 2 rings (SSSR count). The zero-order chi connectivity index (χ0) is 15.5. The van der Waals surface area contributed by atoms with E-state index in [1.54, 1.807) is 11.3 Å². The monoisotopic (exact) mass is 304 g/mol. The number of nitrogens with one attached hydrogen (secondary N) is 1. The van der Waals surface area contributed by atoms with Crippen LogP contribution in [0.3, 0.4) is 0 Å². The predicted molar refractivity (Wildman–Crippen MR) is 90.2 cm³/mol. The zero-order valence-corrected chi connectivity index (χ0v) is 14.3. The minimum atomic E-state index is 0.0540. The van der Waals surface area contributed by atoms with Crippen molar-refractivity contribution in [1.82, 2.24) is 10.3 Å². The van der Waals surface area contributed by atoms with Crippen LogP contribution < -0.4 is 10.1 Å². The van der Waals surface area contributed by atoms with Crippen molar-refractivity contribution in [1.29, 1.82) is 0 Å². The molecule has 1 heterocycles. The predicted octanol–water partition coefficient (Wildman–Crippen LogP) is 4.23. The van der Waals surface area contributed by atoms with Crippen molar-refractivity contribution < 1.29 is 4.74 Å². The average molecular weight is 304 g/mol. The van der Waals surface area contributed by atoms with Crippen LogP contribution in [0.2, 0.25) is 0 Å². The molecule has 0 aliphatic heterocycles. The number of hydrogen-bond donors (Lipinski definition) is 1. The van der Waals surface area contributed by atoms with Crippen molar-refractivity contribution in [3.63, 3.8) is 0 Å². The molecule has 0 fully saturated rings. The number of hydrogen-bond acceptors (Lipinski definition) is 4. The van der Waals surface area contributed by atoms with Gasteiger partial charge in [0.2, 0.25) is 0 Å². The van der Waals surface area contributed by atoms with Gasteiger partial charge in [0.15, 0.2) is 0 Å². The smallest absolute Gasteiger partial charge is 0.124 e. The molecule has 4 heteroatoms. The lowest BCUT2D eigenvalue weighted by atomic mass is 9.91. The molecule has 0 radical (unpaired) electrons. The molecule has 0 atom stereocenters. The van der Waals surface area contributed by atoms with E-state index in [0.29, 0.717) is 6.61 Å². The first kappa shape index (κ1) is 16.0. The average Bonchev–Trinajstić information content (AvgIpc) is 2.84. The molecule has 0 saturated carbocycles. The Morgan fingerprint density at radius 2 is 2.05 bits per heavy atom. The van der Waals surface area contributed by atoms with Gasteiger partial charge in [-0.3, -0.25) is 0 Å². The van der Waals surface area contributed by atoms with E-state index in [1.165, 1.54) is 10.6 Å². The van der Waals surface area contributed by atoms with Crippen molar-refractivity contribution in [3.05, 3.63) is 34.8 Å². The topological polar surface area (TPSA) is 34.1 Å². The summed E-state index contributed by atoms with van der Waals surface area (Å²) in [4.78, 5) is 6.20. The molecule has 0 amide bonds. The van der Waals surface area contributed by atoms with Crippen molar-refractivity contribution in [3.8, 4) is 16.3 Å². The molecular weight excluding hydrogens is 280 g/mol. The maximum absolute atomic E-state index is 5.58. The largest absolute Gasteiger partial charge is 0.494 e. The second-order valence-electron chi connectivity index (χ2n) is 6.03. The summed E-state index contributed by atoms with van der Waals surface area (Å²) in [7, 11) is 1.97. The number of benzene rings is 1. The highest BCUT2D eigenvalue weighted by Gasteiger charge is 2.23. The molecule has 1 aromatic carbocycles. The normalized spacial score (nSPS) is 11.7. The van der Waals surface area contributed by atoms with Gasteiger partial charge in [-0.05, 0) is 26.1 Å². The summed E-state index contributed by atoms with van der Waals surface area (Å²) in [6.07, 6.45) is 0. The molecule has 1 aromatic heterocycles. The summed E-state index contributed by atoms with van der Waals surface area (Å²) in [5.74, 6) is 0.901. The lowest BCUT2D eigenvalue weighted by molar-refractivity contribution is 0.340. The zero-order valence-electron chi connectivity index (χ0n) is 13.5. The van der Waals surface area contributed by atoms with Crippen LogP contribution in [0, 0.1) is 0 Å². The Bertz CT molecular complexity index is 599. The summed E-state index contributed by atoms with van der Waals surface area (Å²) < 4.78 is 5.58. The molecular formula is C17H24N2OS. The summed E-state index contributed by atoms with van der Waals surface area (Å²) in [5.41, 5.74) is 2.36. The Morgan fingerprint density at radius 1 is 1.29 bits per heavy atom. The van der Waals surface area contributed by atoms with Crippen LogP contribution in [0.1, 0.15) is 38.3 Å². The fraction of sp³-hybridized carbons (Fsp3) is 0.471. The number of ether oxygens (including phenoxy) is 1. The summed E-state index contributed by atoms with van der Waals surface area (Å²) in [6, 6.07) is 8.17. The van der Waals surface area contributed by atoms with E-state index in [1.807, 2.05) is 26.1 Å². The number of thiazole rings is 1. The Balaban J connectivity index is 2.42. The van der Waals surface area contributed by atoms with Gasteiger partial charge in [0, 0.05) is 22.4 Å². The Kier molecular flexibility index (Phi) is 5.01. The SMILES string of the molecule is CCOc1cccc(-c2nc(C(C)(C)C)c(CNC)s2)c1. The molecule has 114 valence electrons. The fourth-order valence-electron chi connectivity index (χ4n) is 2.23. The Hall–Kier alpha value is -1.39. The number of nitrogens with zero attached hydrogens (tertiary/aromatic N) is 1. The third-order valence-corrected chi connectivity index (χ3v) is 4.24. The minimum Gasteiger partial charge on any atom is -0.494 e. The molecule has 0 bridgehead atoms. The van der Waals surface area contributed by atoms with Crippen molar-refractivity contribution >= 4 is 11.3 Å². The number of rotatable bonds is 5. The molecule has 0 unspecified atom stereocenters. The molecule has 0 saturated heterocycles. The Morgan fingerprint density at radius 3 is 2.67 bits per heavy atom. The van der Waals surface area contributed by atoms with Gasteiger partial charge in [0.1, 0.15) is 10.8 Å². The lowest BCUT2D eigenvalue weighted by Gasteiger charge is -2.17. The molecule has 0 aliphatic rings. The molecule has 0 aliphatic carbocycles. The summed E-state index contributed by atoms with van der Waals surface area (Å²) in [5, 5.41) is 4.30. The minimum absolute atomic E-state index is 0.0540. The quantitative estimate of drug-likeness (QED) is 0.898. The van der Waals surface area contributed by atoms with Gasteiger partial charge in [-0.2, -0.15) is 0 Å². The molecule has 2 aromatic rings. The second kappa shape index (κ2) is 6.58. The number of aromatic nitrogens is 1. The standard InChI is InChI=1S/C17H24N2OS/c1-6-20-13-9-7-8-12(10-13)16-19-15(17(2,3)4)14(21-16)11-18-5/h7-10,18H,6,11H2,1-5H3. The summed E-state index contributed by atoms with van der Waals surface area (Å²) in [6.45, 7) is 10.2. The Labute approximate surface area is 131 Å². The first-order valence-corrected chi connectivity index (χ1v) is 8.15. The van der Waals surface area contributed by atoms with Gasteiger partial charge in [-0.25, -0.2) is 4.98 Å². The van der Waals surface area contributed by atoms with Crippen molar-refractivity contribution in [2.75, 3.05) is 13.7 Å².